The molecule has 0 aliphatic heterocycles. The lowest BCUT2D eigenvalue weighted by Crippen LogP contribution is -2.38. The fourth-order valence-electron chi connectivity index (χ4n) is 1.45. The quantitative estimate of drug-likeness (QED) is 0.780. The monoisotopic (exact) mass is 229 g/mol. The van der Waals surface area contributed by atoms with Gasteiger partial charge in [0.05, 0.1) is 0 Å². The minimum Gasteiger partial charge on any atom is -0.386 e. The molecular weight excluding hydrogens is 212 g/mol. The largest absolute Gasteiger partial charge is 0.386 e. The maximum absolute atomic E-state index is 12.0. The van der Waals surface area contributed by atoms with Crippen LogP contribution in [-0.2, 0) is 6.42 Å². The Bertz CT molecular complexity index is 292. The van der Waals surface area contributed by atoms with E-state index >= 15 is 0 Å². The van der Waals surface area contributed by atoms with Gasteiger partial charge in [-0.05, 0) is 18.9 Å². The van der Waals surface area contributed by atoms with Crippen molar-refractivity contribution in [3.63, 3.8) is 0 Å². The lowest BCUT2D eigenvalue weighted by Gasteiger charge is -2.16. The number of hydrogen-bond donors (Lipinski definition) is 2. The summed E-state index contributed by atoms with van der Waals surface area (Å²) in [6, 6.07) is 9.85. The molecule has 0 amide bonds. The van der Waals surface area contributed by atoms with Crippen LogP contribution in [0.15, 0.2) is 30.3 Å². The average molecular weight is 229 g/mol. The molecule has 2 nitrogen and oxygen atoms in total. The number of alkyl halides is 2. The topological polar surface area (TPSA) is 32.3 Å². The highest BCUT2D eigenvalue weighted by Gasteiger charge is 2.16. The first-order valence-corrected chi connectivity index (χ1v) is 5.33. The molecule has 1 aromatic carbocycles. The van der Waals surface area contributed by atoms with E-state index in [4.69, 9.17) is 5.11 Å². The molecule has 0 spiro atoms. The second kappa shape index (κ2) is 6.55. The number of aliphatic hydroxyl groups is 1. The maximum Gasteiger partial charge on any atom is 0.265 e. The van der Waals surface area contributed by atoms with Crippen molar-refractivity contribution in [2.45, 2.75) is 31.9 Å². The molecule has 0 radical (unpaired) electrons. The van der Waals surface area contributed by atoms with Gasteiger partial charge in [-0.1, -0.05) is 30.3 Å². The molecule has 0 aliphatic carbocycles. The van der Waals surface area contributed by atoms with Gasteiger partial charge in [0.1, 0.15) is 6.10 Å². The smallest absolute Gasteiger partial charge is 0.265 e. The summed E-state index contributed by atoms with van der Waals surface area (Å²) in [5, 5.41) is 11.8. The lowest BCUT2D eigenvalue weighted by atomic mass is 10.1. The zero-order valence-electron chi connectivity index (χ0n) is 9.24. The van der Waals surface area contributed by atoms with Gasteiger partial charge in [-0.25, -0.2) is 8.78 Å². The zero-order chi connectivity index (χ0) is 12.0. The average Bonchev–Trinajstić information content (AvgIpc) is 2.27. The Hall–Kier alpha value is -1.00. The molecule has 2 unspecified atom stereocenters. The van der Waals surface area contributed by atoms with Gasteiger partial charge in [-0.15, -0.1) is 0 Å². The van der Waals surface area contributed by atoms with E-state index in [-0.39, 0.29) is 12.6 Å². The molecular formula is C12H17F2NO. The van der Waals surface area contributed by atoms with Gasteiger partial charge in [-0.2, -0.15) is 0 Å². The summed E-state index contributed by atoms with van der Waals surface area (Å²) in [5.41, 5.74) is 1.15. The van der Waals surface area contributed by atoms with Crippen molar-refractivity contribution in [2.75, 3.05) is 6.54 Å². The first-order valence-electron chi connectivity index (χ1n) is 5.33. The van der Waals surface area contributed by atoms with Crippen molar-refractivity contribution in [1.29, 1.82) is 0 Å². The van der Waals surface area contributed by atoms with Crippen molar-refractivity contribution < 1.29 is 13.9 Å². The molecule has 16 heavy (non-hydrogen) atoms. The van der Waals surface area contributed by atoms with Crippen LogP contribution >= 0.6 is 0 Å². The summed E-state index contributed by atoms with van der Waals surface area (Å²) in [4.78, 5) is 0. The van der Waals surface area contributed by atoms with E-state index in [0.29, 0.717) is 0 Å². The third-order valence-electron chi connectivity index (χ3n) is 2.35. The van der Waals surface area contributed by atoms with E-state index in [1.807, 2.05) is 37.3 Å². The van der Waals surface area contributed by atoms with Gasteiger partial charge in [0.25, 0.3) is 6.43 Å². The van der Waals surface area contributed by atoms with E-state index < -0.39 is 12.5 Å². The Morgan fingerprint density at radius 1 is 1.25 bits per heavy atom. The standard InChI is InChI=1S/C12H17F2NO/c1-9(15-8-11(16)12(13)14)7-10-5-3-2-4-6-10/h2-6,9,11-12,15-16H,7-8H2,1H3. The van der Waals surface area contributed by atoms with Crippen molar-refractivity contribution in [2.24, 2.45) is 0 Å². The highest BCUT2D eigenvalue weighted by molar-refractivity contribution is 5.15. The molecule has 0 bridgehead atoms. The predicted octanol–water partition coefficient (Wildman–Crippen LogP) is 1.83. The van der Waals surface area contributed by atoms with Gasteiger partial charge in [-0.3, -0.25) is 0 Å². The third kappa shape index (κ3) is 4.68. The Morgan fingerprint density at radius 2 is 1.88 bits per heavy atom. The predicted molar refractivity (Wildman–Crippen MR) is 59.6 cm³/mol. The molecule has 2 atom stereocenters. The van der Waals surface area contributed by atoms with Crippen LogP contribution in [0.1, 0.15) is 12.5 Å². The van der Waals surface area contributed by atoms with Crippen LogP contribution in [0.5, 0.6) is 0 Å². The minimum atomic E-state index is -2.68. The fourth-order valence-corrected chi connectivity index (χ4v) is 1.45. The number of hydrogen-bond acceptors (Lipinski definition) is 2. The molecule has 90 valence electrons. The first kappa shape index (κ1) is 13.1. The van der Waals surface area contributed by atoms with E-state index in [1.165, 1.54) is 0 Å². The first-order chi connectivity index (χ1) is 7.59. The molecule has 0 aliphatic rings. The number of nitrogens with one attached hydrogen (secondary N) is 1. The van der Waals surface area contributed by atoms with Crippen LogP contribution in [0.2, 0.25) is 0 Å². The van der Waals surface area contributed by atoms with E-state index in [9.17, 15) is 8.78 Å². The summed E-state index contributed by atoms with van der Waals surface area (Å²) in [7, 11) is 0. The SMILES string of the molecule is CC(Cc1ccccc1)NCC(O)C(F)F. The van der Waals surface area contributed by atoms with E-state index in [2.05, 4.69) is 5.32 Å². The summed E-state index contributed by atoms with van der Waals surface area (Å²) in [5.74, 6) is 0. The highest BCUT2D eigenvalue weighted by Crippen LogP contribution is 2.04. The van der Waals surface area contributed by atoms with Crippen LogP contribution in [0.3, 0.4) is 0 Å². The molecule has 1 aromatic rings. The summed E-state index contributed by atoms with van der Waals surface area (Å²) < 4.78 is 24.0. The van der Waals surface area contributed by atoms with Crippen LogP contribution in [0, 0.1) is 0 Å². The van der Waals surface area contributed by atoms with Crippen molar-refractivity contribution >= 4 is 0 Å². The van der Waals surface area contributed by atoms with Gasteiger partial charge in [0, 0.05) is 12.6 Å². The number of rotatable bonds is 6. The molecule has 2 N–H and O–H groups in total. The van der Waals surface area contributed by atoms with Gasteiger partial charge in [0.2, 0.25) is 0 Å². The molecule has 0 fully saturated rings. The second-order valence-corrected chi connectivity index (χ2v) is 3.90. The Kier molecular flexibility index (Phi) is 5.35. The normalized spacial score (nSPS) is 15.1. The molecule has 0 aromatic heterocycles. The van der Waals surface area contributed by atoms with Gasteiger partial charge >= 0.3 is 0 Å². The lowest BCUT2D eigenvalue weighted by molar-refractivity contribution is -0.00434. The third-order valence-corrected chi connectivity index (χ3v) is 2.35. The van der Waals surface area contributed by atoms with Crippen molar-refractivity contribution in [3.8, 4) is 0 Å². The van der Waals surface area contributed by atoms with E-state index in [0.717, 1.165) is 12.0 Å². The van der Waals surface area contributed by atoms with Gasteiger partial charge in [0.15, 0.2) is 0 Å². The van der Waals surface area contributed by atoms with Crippen molar-refractivity contribution in [3.05, 3.63) is 35.9 Å². The molecule has 1 rings (SSSR count). The molecule has 4 heteroatoms. The summed E-state index contributed by atoms with van der Waals surface area (Å²) in [6.45, 7) is 1.83. The van der Waals surface area contributed by atoms with Crippen LogP contribution in [0.25, 0.3) is 0 Å². The number of benzene rings is 1. The van der Waals surface area contributed by atoms with Crippen LogP contribution in [0.4, 0.5) is 8.78 Å². The summed E-state index contributed by atoms with van der Waals surface area (Å²) in [6.07, 6.45) is -3.51. The zero-order valence-corrected chi connectivity index (χ0v) is 9.24. The van der Waals surface area contributed by atoms with Crippen LogP contribution < -0.4 is 5.32 Å². The van der Waals surface area contributed by atoms with Gasteiger partial charge < -0.3 is 10.4 Å². The van der Waals surface area contributed by atoms with Crippen molar-refractivity contribution in [1.82, 2.24) is 5.32 Å². The maximum atomic E-state index is 12.0. The molecule has 0 heterocycles. The van der Waals surface area contributed by atoms with Crippen LogP contribution in [-0.4, -0.2) is 30.2 Å². The Morgan fingerprint density at radius 3 is 2.44 bits per heavy atom. The van der Waals surface area contributed by atoms with E-state index in [1.54, 1.807) is 0 Å². The number of halogens is 2. The molecule has 0 saturated carbocycles. The second-order valence-electron chi connectivity index (χ2n) is 3.90. The number of aliphatic hydroxyl groups excluding tert-OH is 1. The highest BCUT2D eigenvalue weighted by atomic mass is 19.3. The Labute approximate surface area is 94.3 Å². The fraction of sp³-hybridized carbons (Fsp3) is 0.500. The minimum absolute atomic E-state index is 0.0656. The summed E-state index contributed by atoms with van der Waals surface area (Å²) >= 11 is 0. The molecule has 0 saturated heterocycles. The Balaban J connectivity index is 2.29.